The van der Waals surface area contributed by atoms with Gasteiger partial charge in [-0.15, -0.1) is 0 Å². The molecule has 0 saturated carbocycles. The van der Waals surface area contributed by atoms with Gasteiger partial charge in [0, 0.05) is 12.8 Å². The molecule has 4 nitrogen and oxygen atoms in total. The van der Waals surface area contributed by atoms with E-state index in [0.29, 0.717) is 12.8 Å². The standard InChI is InChI=1S/C13H18N2O2/c1-2-6-12(16)15-11(13(14)17)9-10-7-4-3-5-8-10/h3-5,7-8,11H,2,6,9H2,1H3,(H2,14,17)(H,15,16). The molecule has 3 N–H and O–H groups in total. The highest BCUT2D eigenvalue weighted by Crippen LogP contribution is 2.03. The Balaban J connectivity index is 2.61. The minimum Gasteiger partial charge on any atom is -0.368 e. The largest absolute Gasteiger partial charge is 0.368 e. The van der Waals surface area contributed by atoms with E-state index in [1.54, 1.807) is 0 Å². The topological polar surface area (TPSA) is 72.2 Å². The first-order valence-corrected chi connectivity index (χ1v) is 5.76. The van der Waals surface area contributed by atoms with Gasteiger partial charge in [-0.3, -0.25) is 9.59 Å². The number of carbonyl (C=O) groups is 2. The molecule has 0 fully saturated rings. The molecule has 0 aliphatic heterocycles. The molecule has 1 atom stereocenters. The molecule has 1 unspecified atom stereocenters. The van der Waals surface area contributed by atoms with E-state index in [4.69, 9.17) is 5.73 Å². The molecular formula is C13H18N2O2. The number of hydrogen-bond acceptors (Lipinski definition) is 2. The smallest absolute Gasteiger partial charge is 0.240 e. The van der Waals surface area contributed by atoms with Crippen molar-refractivity contribution in [3.8, 4) is 0 Å². The van der Waals surface area contributed by atoms with E-state index in [1.807, 2.05) is 37.3 Å². The molecule has 1 rings (SSSR count). The zero-order valence-electron chi connectivity index (χ0n) is 9.98. The van der Waals surface area contributed by atoms with Crippen molar-refractivity contribution in [3.05, 3.63) is 35.9 Å². The fraction of sp³-hybridized carbons (Fsp3) is 0.385. The lowest BCUT2D eigenvalue weighted by Gasteiger charge is -2.15. The van der Waals surface area contributed by atoms with Crippen molar-refractivity contribution in [1.82, 2.24) is 5.32 Å². The summed E-state index contributed by atoms with van der Waals surface area (Å²) in [7, 11) is 0. The third kappa shape index (κ3) is 4.68. The highest BCUT2D eigenvalue weighted by atomic mass is 16.2. The van der Waals surface area contributed by atoms with Crippen LogP contribution in [-0.4, -0.2) is 17.9 Å². The molecule has 1 aromatic rings. The Labute approximate surface area is 101 Å². The van der Waals surface area contributed by atoms with E-state index in [9.17, 15) is 9.59 Å². The first-order valence-electron chi connectivity index (χ1n) is 5.76. The van der Waals surface area contributed by atoms with Gasteiger partial charge in [-0.05, 0) is 12.0 Å². The van der Waals surface area contributed by atoms with Gasteiger partial charge in [-0.2, -0.15) is 0 Å². The van der Waals surface area contributed by atoms with Crippen molar-refractivity contribution >= 4 is 11.8 Å². The maximum absolute atomic E-state index is 11.4. The Morgan fingerprint density at radius 3 is 2.47 bits per heavy atom. The lowest BCUT2D eigenvalue weighted by atomic mass is 10.1. The van der Waals surface area contributed by atoms with Crippen molar-refractivity contribution in [1.29, 1.82) is 0 Å². The van der Waals surface area contributed by atoms with Crippen molar-refractivity contribution in [3.63, 3.8) is 0 Å². The summed E-state index contributed by atoms with van der Waals surface area (Å²) < 4.78 is 0. The molecule has 0 aliphatic rings. The SMILES string of the molecule is CCCC(=O)NC(Cc1ccccc1)C(N)=O. The van der Waals surface area contributed by atoms with E-state index in [0.717, 1.165) is 12.0 Å². The van der Waals surface area contributed by atoms with Crippen LogP contribution in [0, 0.1) is 0 Å². The molecule has 1 aromatic carbocycles. The number of rotatable bonds is 6. The summed E-state index contributed by atoms with van der Waals surface area (Å²) in [6, 6.07) is 8.86. The van der Waals surface area contributed by atoms with Crippen LogP contribution in [0.1, 0.15) is 25.3 Å². The lowest BCUT2D eigenvalue weighted by molar-refractivity contribution is -0.127. The number of benzene rings is 1. The molecule has 4 heteroatoms. The molecule has 0 saturated heterocycles. The first kappa shape index (κ1) is 13.2. The lowest BCUT2D eigenvalue weighted by Crippen LogP contribution is -2.45. The van der Waals surface area contributed by atoms with E-state index in [2.05, 4.69) is 5.32 Å². The average molecular weight is 234 g/mol. The number of nitrogens with two attached hydrogens (primary N) is 1. The van der Waals surface area contributed by atoms with E-state index in [1.165, 1.54) is 0 Å². The normalized spacial score (nSPS) is 11.8. The quantitative estimate of drug-likeness (QED) is 0.770. The van der Waals surface area contributed by atoms with Gasteiger partial charge in [0.1, 0.15) is 6.04 Å². The monoisotopic (exact) mass is 234 g/mol. The van der Waals surface area contributed by atoms with Crippen molar-refractivity contribution in [2.45, 2.75) is 32.2 Å². The molecule has 0 aliphatic carbocycles. The molecule has 0 radical (unpaired) electrons. The van der Waals surface area contributed by atoms with Crippen LogP contribution in [0.5, 0.6) is 0 Å². The molecule has 0 heterocycles. The van der Waals surface area contributed by atoms with Crippen molar-refractivity contribution < 1.29 is 9.59 Å². The van der Waals surface area contributed by atoms with Gasteiger partial charge in [0.25, 0.3) is 0 Å². The summed E-state index contributed by atoms with van der Waals surface area (Å²) in [5, 5.41) is 2.65. The predicted molar refractivity (Wildman–Crippen MR) is 66.2 cm³/mol. The van der Waals surface area contributed by atoms with Crippen LogP contribution in [0.2, 0.25) is 0 Å². The van der Waals surface area contributed by atoms with Gasteiger partial charge in [-0.1, -0.05) is 37.3 Å². The molecule has 0 bridgehead atoms. The number of amides is 2. The molecule has 92 valence electrons. The molecule has 0 spiro atoms. The second-order valence-electron chi connectivity index (χ2n) is 3.96. The van der Waals surface area contributed by atoms with Crippen LogP contribution in [-0.2, 0) is 16.0 Å². The number of hydrogen-bond donors (Lipinski definition) is 2. The van der Waals surface area contributed by atoms with Gasteiger partial charge in [0.05, 0.1) is 0 Å². The predicted octanol–water partition coefficient (Wildman–Crippen LogP) is 0.999. The highest BCUT2D eigenvalue weighted by Gasteiger charge is 2.17. The number of primary amides is 1. The molecule has 17 heavy (non-hydrogen) atoms. The second-order valence-corrected chi connectivity index (χ2v) is 3.96. The minimum absolute atomic E-state index is 0.132. The van der Waals surface area contributed by atoms with E-state index in [-0.39, 0.29) is 5.91 Å². The molecule has 0 aromatic heterocycles. The van der Waals surface area contributed by atoms with Crippen LogP contribution in [0.4, 0.5) is 0 Å². The average Bonchev–Trinajstić information content (AvgIpc) is 2.29. The van der Waals surface area contributed by atoms with Crippen LogP contribution in [0.3, 0.4) is 0 Å². The fourth-order valence-electron chi connectivity index (χ4n) is 1.57. The zero-order chi connectivity index (χ0) is 12.7. The second kappa shape index (κ2) is 6.68. The minimum atomic E-state index is -0.628. The first-order chi connectivity index (χ1) is 8.13. The Morgan fingerprint density at radius 1 is 1.29 bits per heavy atom. The highest BCUT2D eigenvalue weighted by molar-refractivity contribution is 5.86. The van der Waals surface area contributed by atoms with Crippen molar-refractivity contribution in [2.75, 3.05) is 0 Å². The summed E-state index contributed by atoms with van der Waals surface area (Å²) in [4.78, 5) is 22.7. The third-order valence-electron chi connectivity index (χ3n) is 2.44. The molecule has 2 amide bonds. The Hall–Kier alpha value is -1.84. The maximum atomic E-state index is 11.4. The van der Waals surface area contributed by atoms with Crippen LogP contribution < -0.4 is 11.1 Å². The summed E-state index contributed by atoms with van der Waals surface area (Å²) in [5.41, 5.74) is 6.26. The number of nitrogens with one attached hydrogen (secondary N) is 1. The van der Waals surface area contributed by atoms with Crippen LogP contribution in [0.25, 0.3) is 0 Å². The Bertz CT molecular complexity index is 376. The van der Waals surface area contributed by atoms with Gasteiger partial charge in [0.15, 0.2) is 0 Å². The summed E-state index contributed by atoms with van der Waals surface area (Å²) in [6.07, 6.45) is 1.60. The zero-order valence-corrected chi connectivity index (χ0v) is 9.98. The van der Waals surface area contributed by atoms with Crippen LogP contribution in [0.15, 0.2) is 30.3 Å². The van der Waals surface area contributed by atoms with E-state index >= 15 is 0 Å². The van der Waals surface area contributed by atoms with Gasteiger partial charge < -0.3 is 11.1 Å². The summed E-state index contributed by atoms with van der Waals surface area (Å²) in [5.74, 6) is -0.634. The van der Waals surface area contributed by atoms with E-state index < -0.39 is 11.9 Å². The maximum Gasteiger partial charge on any atom is 0.240 e. The van der Waals surface area contributed by atoms with Crippen molar-refractivity contribution in [2.24, 2.45) is 5.73 Å². The van der Waals surface area contributed by atoms with Gasteiger partial charge in [0.2, 0.25) is 11.8 Å². The summed E-state index contributed by atoms with van der Waals surface area (Å²) in [6.45, 7) is 1.91. The van der Waals surface area contributed by atoms with Gasteiger partial charge in [-0.25, -0.2) is 0 Å². The van der Waals surface area contributed by atoms with Gasteiger partial charge >= 0.3 is 0 Å². The Morgan fingerprint density at radius 2 is 1.94 bits per heavy atom. The fourth-order valence-corrected chi connectivity index (χ4v) is 1.57. The summed E-state index contributed by atoms with van der Waals surface area (Å²) >= 11 is 0. The third-order valence-corrected chi connectivity index (χ3v) is 2.44. The number of carbonyl (C=O) groups excluding carboxylic acids is 2. The Kier molecular flexibility index (Phi) is 5.20. The molecular weight excluding hydrogens is 216 g/mol. The van der Waals surface area contributed by atoms with Crippen LogP contribution >= 0.6 is 0 Å².